The van der Waals surface area contributed by atoms with Crippen LogP contribution in [0, 0.1) is 0 Å². The smallest absolute Gasteiger partial charge is 0.219 e. The Morgan fingerprint density at radius 2 is 2.00 bits per heavy atom. The summed E-state index contributed by atoms with van der Waals surface area (Å²) in [5.74, 6) is -0.00241. The van der Waals surface area contributed by atoms with Crippen molar-refractivity contribution in [3.8, 4) is 0 Å². The first-order valence-electron chi connectivity index (χ1n) is 4.02. The second-order valence-corrected chi connectivity index (χ2v) is 2.75. The zero-order chi connectivity index (χ0) is 8.97. The van der Waals surface area contributed by atoms with Gasteiger partial charge in [-0.25, -0.2) is 0 Å². The molecule has 62 valence electrons. The van der Waals surface area contributed by atoms with Crippen molar-refractivity contribution in [2.45, 2.75) is 5.82 Å². The van der Waals surface area contributed by atoms with Gasteiger partial charge < -0.3 is 5.32 Å². The Balaban J connectivity index is 2.78. The minimum Gasteiger partial charge on any atom is -0.359 e. The molecule has 0 saturated carbocycles. The van der Waals surface area contributed by atoms with E-state index in [1.54, 1.807) is 7.05 Å². The summed E-state index contributed by atoms with van der Waals surface area (Å²) in [7, 11) is 3.55. The molecule has 0 aliphatic heterocycles. The van der Waals surface area contributed by atoms with Crippen LogP contribution in [0.25, 0.3) is 0 Å². The number of nitrogens with one attached hydrogen (secondary N) is 1. The third kappa shape index (κ3) is 1.88. The van der Waals surface area contributed by atoms with Gasteiger partial charge in [0, 0.05) is 12.9 Å². The molecule has 1 aromatic carbocycles. The average Bonchev–Trinajstić information content (AvgIpc) is 2.17. The highest BCUT2D eigenvalue weighted by atomic mass is 16.1. The molecule has 0 aliphatic carbocycles. The van der Waals surface area contributed by atoms with Gasteiger partial charge in [-0.2, -0.15) is 0 Å². The normalized spacial score (nSPS) is 12.1. The molecule has 1 atom stereocenters. The van der Waals surface area contributed by atoms with E-state index in [2.05, 4.69) is 5.32 Å². The van der Waals surface area contributed by atoms with Gasteiger partial charge >= 0.3 is 0 Å². The van der Waals surface area contributed by atoms with Crippen molar-refractivity contribution in [1.29, 1.82) is 0 Å². The molecule has 0 bridgehead atoms. The zero-order valence-electron chi connectivity index (χ0n) is 7.37. The van der Waals surface area contributed by atoms with E-state index in [1.165, 1.54) is 0 Å². The maximum atomic E-state index is 11.2. The van der Waals surface area contributed by atoms with E-state index in [1.807, 2.05) is 38.2 Å². The van der Waals surface area contributed by atoms with Crippen molar-refractivity contribution >= 4 is 13.8 Å². The molecule has 1 amide bonds. The van der Waals surface area contributed by atoms with Gasteiger partial charge in [-0.1, -0.05) is 30.3 Å². The Kier molecular flexibility index (Phi) is 2.91. The van der Waals surface area contributed by atoms with Crippen molar-refractivity contribution in [1.82, 2.24) is 5.32 Å². The van der Waals surface area contributed by atoms with Crippen molar-refractivity contribution < 1.29 is 4.79 Å². The fourth-order valence-electron chi connectivity index (χ4n) is 1.11. The van der Waals surface area contributed by atoms with Gasteiger partial charge in [0.05, 0.1) is 0 Å². The molecule has 0 fully saturated rings. The summed E-state index contributed by atoms with van der Waals surface area (Å²) in [6, 6.07) is 9.74. The minimum atomic E-state index is -0.0591. The third-order valence-electron chi connectivity index (χ3n) is 1.94. The van der Waals surface area contributed by atoms with Gasteiger partial charge in [-0.15, -0.1) is 0 Å². The summed E-state index contributed by atoms with van der Waals surface area (Å²) in [6.07, 6.45) is 0. The Bertz CT molecular complexity index is 260. The van der Waals surface area contributed by atoms with Crippen LogP contribution in [0.5, 0.6) is 0 Å². The fourth-order valence-corrected chi connectivity index (χ4v) is 1.11. The summed E-state index contributed by atoms with van der Waals surface area (Å²) in [4.78, 5) is 11.2. The monoisotopic (exact) mass is 161 g/mol. The predicted octanol–water partition coefficient (Wildman–Crippen LogP) is 0.107. The van der Waals surface area contributed by atoms with Crippen LogP contribution in [0.4, 0.5) is 0 Å². The summed E-state index contributed by atoms with van der Waals surface area (Å²) >= 11 is 0. The van der Waals surface area contributed by atoms with Crippen LogP contribution in [0.3, 0.4) is 0 Å². The number of hydrogen-bond acceptors (Lipinski definition) is 1. The van der Waals surface area contributed by atoms with Gasteiger partial charge in [-0.05, 0) is 5.56 Å². The van der Waals surface area contributed by atoms with Crippen LogP contribution in [0.2, 0.25) is 0 Å². The number of carbonyl (C=O) groups excluding carboxylic acids is 1. The molecule has 1 rings (SSSR count). The standard InChI is InChI=1S/C9H12BNO/c1-11-9(12)8(10)7-5-3-2-4-6-7/h2-6,8H,10H2,1H3,(H,11,12). The lowest BCUT2D eigenvalue weighted by Crippen LogP contribution is -2.25. The largest absolute Gasteiger partial charge is 0.359 e. The molecule has 0 aromatic heterocycles. The third-order valence-corrected chi connectivity index (χ3v) is 1.94. The number of amides is 1. The Morgan fingerprint density at radius 3 is 2.50 bits per heavy atom. The van der Waals surface area contributed by atoms with Gasteiger partial charge in [0.15, 0.2) is 0 Å². The fraction of sp³-hybridized carbons (Fsp3) is 0.222. The maximum absolute atomic E-state index is 11.2. The average molecular weight is 161 g/mol. The van der Waals surface area contributed by atoms with Crippen LogP contribution in [0.15, 0.2) is 30.3 Å². The van der Waals surface area contributed by atoms with Gasteiger partial charge in [0.25, 0.3) is 0 Å². The molecule has 0 heterocycles. The van der Waals surface area contributed by atoms with E-state index in [0.29, 0.717) is 0 Å². The Hall–Kier alpha value is -1.25. The van der Waals surface area contributed by atoms with E-state index in [0.717, 1.165) is 5.56 Å². The van der Waals surface area contributed by atoms with Crippen LogP contribution in [-0.4, -0.2) is 20.8 Å². The number of rotatable bonds is 2. The lowest BCUT2D eigenvalue weighted by atomic mass is 9.80. The lowest BCUT2D eigenvalue weighted by Gasteiger charge is -2.08. The lowest BCUT2D eigenvalue weighted by molar-refractivity contribution is -0.120. The predicted molar refractivity (Wildman–Crippen MR) is 51.8 cm³/mol. The molecule has 3 heteroatoms. The SMILES string of the molecule is BC(C(=O)NC)c1ccccc1. The Morgan fingerprint density at radius 1 is 1.42 bits per heavy atom. The highest BCUT2D eigenvalue weighted by Crippen LogP contribution is 2.10. The van der Waals surface area contributed by atoms with E-state index in [4.69, 9.17) is 0 Å². The molecular formula is C9H12BNO. The van der Waals surface area contributed by atoms with Crippen molar-refractivity contribution in [2.24, 2.45) is 0 Å². The number of likely N-dealkylation sites (N-methyl/N-ethyl adjacent to an activating group) is 1. The van der Waals surface area contributed by atoms with Crippen LogP contribution in [0.1, 0.15) is 11.4 Å². The topological polar surface area (TPSA) is 29.1 Å². The van der Waals surface area contributed by atoms with Crippen molar-refractivity contribution in [2.75, 3.05) is 7.05 Å². The van der Waals surface area contributed by atoms with E-state index in [9.17, 15) is 4.79 Å². The molecule has 12 heavy (non-hydrogen) atoms. The van der Waals surface area contributed by atoms with Gasteiger partial charge in [0.1, 0.15) is 7.85 Å². The second-order valence-electron chi connectivity index (χ2n) is 2.75. The molecule has 1 N–H and O–H groups in total. The summed E-state index contributed by atoms with van der Waals surface area (Å²) < 4.78 is 0. The molecule has 2 nitrogen and oxygen atoms in total. The second kappa shape index (κ2) is 3.95. The van der Waals surface area contributed by atoms with Crippen LogP contribution in [-0.2, 0) is 4.79 Å². The van der Waals surface area contributed by atoms with E-state index < -0.39 is 0 Å². The van der Waals surface area contributed by atoms with Crippen molar-refractivity contribution in [3.05, 3.63) is 35.9 Å². The number of carbonyl (C=O) groups is 1. The molecule has 1 aromatic rings. The van der Waals surface area contributed by atoms with E-state index in [-0.39, 0.29) is 11.7 Å². The summed E-state index contributed by atoms with van der Waals surface area (Å²) in [6.45, 7) is 0. The highest BCUT2D eigenvalue weighted by Gasteiger charge is 2.11. The van der Waals surface area contributed by atoms with Gasteiger partial charge in [-0.3, -0.25) is 4.79 Å². The molecule has 0 spiro atoms. The maximum Gasteiger partial charge on any atom is 0.219 e. The quantitative estimate of drug-likeness (QED) is 0.612. The number of benzene rings is 1. The first-order valence-corrected chi connectivity index (χ1v) is 4.02. The number of hydrogen-bond donors (Lipinski definition) is 1. The van der Waals surface area contributed by atoms with Crippen molar-refractivity contribution in [3.63, 3.8) is 0 Å². The molecule has 0 radical (unpaired) electrons. The van der Waals surface area contributed by atoms with E-state index >= 15 is 0 Å². The van der Waals surface area contributed by atoms with Gasteiger partial charge in [0.2, 0.25) is 5.91 Å². The first-order chi connectivity index (χ1) is 5.75. The minimum absolute atomic E-state index is 0.0567. The first kappa shape index (κ1) is 8.85. The molecule has 0 aliphatic rings. The zero-order valence-corrected chi connectivity index (χ0v) is 7.37. The van der Waals surface area contributed by atoms with Crippen LogP contribution >= 0.6 is 0 Å². The summed E-state index contributed by atoms with van der Waals surface area (Å²) in [5, 5.41) is 2.62. The summed E-state index contributed by atoms with van der Waals surface area (Å²) in [5.41, 5.74) is 1.05. The molecular weight excluding hydrogens is 149 g/mol. The Labute approximate surface area is 73.4 Å². The molecule has 0 saturated heterocycles. The highest BCUT2D eigenvalue weighted by molar-refractivity contribution is 6.24. The van der Waals surface area contributed by atoms with Crippen LogP contribution < -0.4 is 5.32 Å². The molecule has 1 unspecified atom stereocenters.